The first-order valence-electron chi connectivity index (χ1n) is 28.2. The summed E-state index contributed by atoms with van der Waals surface area (Å²) < 4.78 is 59.5. The molecule has 15 nitrogen and oxygen atoms in total. The number of piperidine rings is 1. The van der Waals surface area contributed by atoms with Crippen LogP contribution in [-0.4, -0.2) is 105 Å². The average Bonchev–Trinajstić information content (AvgIpc) is 4.02. The Balaban J connectivity index is 0.696. The van der Waals surface area contributed by atoms with Gasteiger partial charge in [-0.2, -0.15) is 18.3 Å². The number of hydrogen-bond donors (Lipinski definition) is 2. The molecule has 0 radical (unpaired) electrons. The molecule has 6 heterocycles. The highest BCUT2D eigenvalue weighted by Crippen LogP contribution is 2.39. The van der Waals surface area contributed by atoms with Crippen molar-refractivity contribution in [3.8, 4) is 16.9 Å². The lowest BCUT2D eigenvalue weighted by atomic mass is 9.84. The van der Waals surface area contributed by atoms with Crippen LogP contribution in [0.1, 0.15) is 128 Å². The Bertz CT molecular complexity index is 3500. The number of amides is 3. The van der Waals surface area contributed by atoms with Crippen LogP contribution in [0.4, 0.5) is 29.8 Å². The predicted octanol–water partition coefficient (Wildman–Crippen LogP) is 11.7. The van der Waals surface area contributed by atoms with Crippen molar-refractivity contribution in [2.75, 3.05) is 47.8 Å². The van der Waals surface area contributed by atoms with Crippen molar-refractivity contribution < 1.29 is 41.8 Å². The van der Waals surface area contributed by atoms with Crippen LogP contribution in [0.3, 0.4) is 0 Å². The zero-order valence-electron chi connectivity index (χ0n) is 46.4. The molecule has 1 aliphatic carbocycles. The number of alkyl halides is 3. The molecule has 0 spiro atoms. The molecule has 3 aromatic heterocycles. The highest BCUT2D eigenvalue weighted by atomic mass is 32.1. The van der Waals surface area contributed by atoms with Crippen molar-refractivity contribution in [1.29, 1.82) is 0 Å². The van der Waals surface area contributed by atoms with E-state index in [9.17, 15) is 32.3 Å². The van der Waals surface area contributed by atoms with Crippen LogP contribution < -0.4 is 25.2 Å². The number of para-hydroxylation sites is 1. The van der Waals surface area contributed by atoms with Crippen LogP contribution in [0.5, 0.6) is 5.75 Å². The predicted molar refractivity (Wildman–Crippen MR) is 308 cm³/mol. The topological polar surface area (TPSA) is 164 Å². The quantitative estimate of drug-likeness (QED) is 0.0603. The maximum Gasteiger partial charge on any atom is 0.405 e. The molecular weight excluding hydrogens is 1060 g/mol. The second kappa shape index (κ2) is 22.9. The van der Waals surface area contributed by atoms with Crippen molar-refractivity contribution in [1.82, 2.24) is 30.0 Å². The lowest BCUT2D eigenvalue weighted by Crippen LogP contribution is -2.59. The van der Waals surface area contributed by atoms with Gasteiger partial charge in [0.05, 0.1) is 33.4 Å². The summed E-state index contributed by atoms with van der Waals surface area (Å²) >= 11 is 1.43. The molecule has 81 heavy (non-hydrogen) atoms. The number of carbonyl (C=O) groups is 4. The number of nitrogens with one attached hydrogen (secondary N) is 2. The third-order valence-electron chi connectivity index (χ3n) is 16.5. The summed E-state index contributed by atoms with van der Waals surface area (Å²) in [6, 6.07) is 27.2. The monoisotopic (exact) mass is 1120 g/mol. The Morgan fingerprint density at radius 2 is 1.64 bits per heavy atom. The number of carbonyl (C=O) groups excluding carboxylic acids is 4. The van der Waals surface area contributed by atoms with Gasteiger partial charge in [-0.05, 0) is 162 Å². The summed E-state index contributed by atoms with van der Waals surface area (Å²) in [5.41, 5.74) is 7.07. The molecule has 3 aliphatic heterocycles. The van der Waals surface area contributed by atoms with E-state index in [0.29, 0.717) is 84.8 Å². The van der Waals surface area contributed by atoms with Crippen molar-refractivity contribution >= 4 is 72.8 Å². The third-order valence-corrected chi connectivity index (χ3v) is 17.4. The minimum absolute atomic E-state index is 0.00832. The summed E-state index contributed by atoms with van der Waals surface area (Å²) in [6.45, 7) is 9.47. The van der Waals surface area contributed by atoms with E-state index in [1.165, 1.54) is 11.3 Å². The number of benzene rings is 4. The Morgan fingerprint density at radius 3 is 2.42 bits per heavy atom. The fourth-order valence-corrected chi connectivity index (χ4v) is 13.1. The number of piperazine rings is 1. The summed E-state index contributed by atoms with van der Waals surface area (Å²) in [7, 11) is 1.76. The second-order valence-electron chi connectivity index (χ2n) is 23.1. The first-order valence-corrected chi connectivity index (χ1v) is 29.0. The lowest BCUT2D eigenvalue weighted by molar-refractivity contribution is -0.184. The smallest absolute Gasteiger partial charge is 0.405 e. The molecule has 0 bridgehead atoms. The Morgan fingerprint density at radius 1 is 0.840 bits per heavy atom. The van der Waals surface area contributed by atoms with E-state index in [0.717, 1.165) is 87.6 Å². The van der Waals surface area contributed by atoms with Gasteiger partial charge in [0.1, 0.15) is 23.2 Å². The fourth-order valence-electron chi connectivity index (χ4n) is 12.2. The van der Waals surface area contributed by atoms with E-state index >= 15 is 0 Å². The molecular formula is C62H68F3N9O6S. The Kier molecular flexibility index (Phi) is 15.7. The Hall–Kier alpha value is -7.38. The van der Waals surface area contributed by atoms with Crippen molar-refractivity contribution in [3.05, 3.63) is 125 Å². The lowest BCUT2D eigenvalue weighted by Gasteiger charge is -2.43. The van der Waals surface area contributed by atoms with Gasteiger partial charge in [0.25, 0.3) is 5.91 Å². The zero-order valence-corrected chi connectivity index (χ0v) is 47.2. The number of ether oxygens (including phenoxy) is 2. The molecule has 11 rings (SSSR count). The average molecular weight is 1120 g/mol. The number of aromatic nitrogens is 4. The van der Waals surface area contributed by atoms with Gasteiger partial charge < -0.3 is 19.3 Å². The molecule has 7 aromatic rings. The molecule has 3 fully saturated rings. The minimum atomic E-state index is -4.40. The van der Waals surface area contributed by atoms with Gasteiger partial charge in [0.15, 0.2) is 10.8 Å². The van der Waals surface area contributed by atoms with Crippen LogP contribution in [-0.2, 0) is 34.3 Å². The standard InChI is InChI=1S/C62H68F3N9O6S/c1-37-42(43-25-27-53(67-56(43)59(78)80-61(2,3)4)74-31-29-39-13-10-15-44(47(39)35-74)57(76)69-60-66-48-16-6-7-18-51(48)81-60)14-11-17-50(37)79-41-22-19-38(20-23-41)12-8-9-30-72-32-33-73(36-52(72)62(63,64)65)40-21-24-45-49(34-40)71(5)70-55(45)46-26-28-54(75)68-58(46)77/h6-7,10-11,13-18,21,24-25,27,34,38,41,46,52H,8-9,12,19-20,22-23,26,28-33,35-36H2,1-5H3,(H,66,69,76)(H,68,75,77)/t38?,41?,46?,52-/m1/s1. The molecule has 2 saturated heterocycles. The summed E-state index contributed by atoms with van der Waals surface area (Å²) in [5, 5.41) is 11.3. The van der Waals surface area contributed by atoms with Crippen molar-refractivity contribution in [2.24, 2.45) is 13.0 Å². The highest BCUT2D eigenvalue weighted by Gasteiger charge is 2.46. The van der Waals surface area contributed by atoms with E-state index < -0.39 is 29.7 Å². The normalized spacial score (nSPS) is 20.1. The molecule has 4 aromatic carbocycles. The minimum Gasteiger partial charge on any atom is -0.490 e. The highest BCUT2D eigenvalue weighted by molar-refractivity contribution is 7.22. The number of nitrogens with zero attached hydrogens (tertiary/aromatic N) is 7. The molecule has 4 aliphatic rings. The fraction of sp³-hybridized carbons (Fsp3) is 0.435. The van der Waals surface area contributed by atoms with Gasteiger partial charge in [-0.25, -0.2) is 14.8 Å². The van der Waals surface area contributed by atoms with E-state index in [1.807, 2.05) is 113 Å². The number of hydrogen-bond acceptors (Lipinski definition) is 13. The number of rotatable bonds is 14. The van der Waals surface area contributed by atoms with Gasteiger partial charge in [0, 0.05) is 68.4 Å². The molecule has 2 atom stereocenters. The largest absolute Gasteiger partial charge is 0.490 e. The number of esters is 1. The zero-order chi connectivity index (χ0) is 56.7. The van der Waals surface area contributed by atoms with Gasteiger partial charge in [0.2, 0.25) is 11.8 Å². The molecule has 19 heteroatoms. The second-order valence-corrected chi connectivity index (χ2v) is 24.1. The number of thiazole rings is 1. The first-order chi connectivity index (χ1) is 38.8. The molecule has 424 valence electrons. The van der Waals surface area contributed by atoms with Crippen LogP contribution in [0.25, 0.3) is 32.2 Å². The molecule has 2 N–H and O–H groups in total. The van der Waals surface area contributed by atoms with Gasteiger partial charge in [-0.3, -0.25) is 34.6 Å². The van der Waals surface area contributed by atoms with Crippen LogP contribution in [0, 0.1) is 12.8 Å². The molecule has 1 saturated carbocycles. The SMILES string of the molecule is Cc1c(OC2CCC(CCCCN3CCN(c4ccc5c(C6CCC(=O)NC6=O)nn(C)c5c4)C[C@@H]3C(F)(F)F)CC2)cccc1-c1ccc(N2CCc3cccc(C(=O)Nc4nc5ccccc5s4)c3C2)nc1C(=O)OC(C)(C)C. The van der Waals surface area contributed by atoms with Gasteiger partial charge >= 0.3 is 12.1 Å². The van der Waals surface area contributed by atoms with E-state index in [4.69, 9.17) is 14.5 Å². The van der Waals surface area contributed by atoms with Crippen LogP contribution in [0.15, 0.2) is 91.0 Å². The third kappa shape index (κ3) is 12.2. The van der Waals surface area contributed by atoms with E-state index in [-0.39, 0.29) is 49.0 Å². The van der Waals surface area contributed by atoms with Crippen LogP contribution in [0.2, 0.25) is 0 Å². The molecule has 3 amide bonds. The molecule has 1 unspecified atom stereocenters. The van der Waals surface area contributed by atoms with Crippen molar-refractivity contribution in [2.45, 2.75) is 128 Å². The van der Waals surface area contributed by atoms with Crippen LogP contribution >= 0.6 is 11.3 Å². The number of imide groups is 1. The van der Waals surface area contributed by atoms with E-state index in [2.05, 4.69) is 31.7 Å². The summed E-state index contributed by atoms with van der Waals surface area (Å²) in [5.74, 6) is -0.235. The number of pyridine rings is 1. The maximum atomic E-state index is 14.7. The number of fused-ring (bicyclic) bond motifs is 3. The van der Waals surface area contributed by atoms with Gasteiger partial charge in [-0.1, -0.05) is 60.6 Å². The van der Waals surface area contributed by atoms with Crippen molar-refractivity contribution in [3.63, 3.8) is 0 Å². The Labute approximate surface area is 473 Å². The number of unbranched alkanes of at least 4 members (excludes halogenated alkanes) is 1. The first kappa shape index (κ1) is 55.5. The number of anilines is 3. The van der Waals surface area contributed by atoms with E-state index in [1.54, 1.807) is 21.5 Å². The summed E-state index contributed by atoms with van der Waals surface area (Å²) in [4.78, 5) is 67.5. The maximum absolute atomic E-state index is 14.7. The summed E-state index contributed by atoms with van der Waals surface area (Å²) in [6.07, 6.45) is 2.98. The number of halogens is 3. The van der Waals surface area contributed by atoms with Gasteiger partial charge in [-0.15, -0.1) is 0 Å². The number of aryl methyl sites for hydroxylation is 1.